The highest BCUT2D eigenvalue weighted by molar-refractivity contribution is 5.17. The minimum Gasteiger partial charge on any atom is -0.387 e. The second-order valence-electron chi connectivity index (χ2n) is 4.03. The van der Waals surface area contributed by atoms with Gasteiger partial charge in [0.2, 0.25) is 0 Å². The van der Waals surface area contributed by atoms with Crippen molar-refractivity contribution >= 4 is 0 Å². The lowest BCUT2D eigenvalue weighted by atomic mass is 10.1. The fourth-order valence-electron chi connectivity index (χ4n) is 1.15. The summed E-state index contributed by atoms with van der Waals surface area (Å²) in [6.07, 6.45) is -0.501. The normalized spacial score (nSPS) is 14.0. The fraction of sp³-hybridized carbons (Fsp3) is 0.455. The molecule has 4 N–H and O–H groups in total. The molecule has 0 bridgehead atoms. The SMILES string of the molecule is CC(C)(N)NCC(O)c1ccccc1. The van der Waals surface area contributed by atoms with Gasteiger partial charge in [0, 0.05) is 6.54 Å². The molecule has 14 heavy (non-hydrogen) atoms. The average molecular weight is 194 g/mol. The van der Waals surface area contributed by atoms with E-state index in [2.05, 4.69) is 5.32 Å². The number of nitrogens with one attached hydrogen (secondary N) is 1. The summed E-state index contributed by atoms with van der Waals surface area (Å²) in [7, 11) is 0. The van der Waals surface area contributed by atoms with Gasteiger partial charge in [-0.2, -0.15) is 0 Å². The van der Waals surface area contributed by atoms with E-state index in [1.165, 1.54) is 0 Å². The molecule has 0 saturated heterocycles. The van der Waals surface area contributed by atoms with E-state index >= 15 is 0 Å². The van der Waals surface area contributed by atoms with Gasteiger partial charge in [-0.1, -0.05) is 30.3 Å². The van der Waals surface area contributed by atoms with E-state index in [9.17, 15) is 5.11 Å². The largest absolute Gasteiger partial charge is 0.387 e. The molecule has 3 heteroatoms. The maximum absolute atomic E-state index is 9.77. The fourth-order valence-corrected chi connectivity index (χ4v) is 1.15. The summed E-state index contributed by atoms with van der Waals surface area (Å²) in [6.45, 7) is 4.20. The summed E-state index contributed by atoms with van der Waals surface area (Å²) in [5, 5.41) is 12.8. The summed E-state index contributed by atoms with van der Waals surface area (Å²) < 4.78 is 0. The van der Waals surface area contributed by atoms with Crippen LogP contribution >= 0.6 is 0 Å². The summed E-state index contributed by atoms with van der Waals surface area (Å²) in [4.78, 5) is 0. The Hall–Kier alpha value is -0.900. The van der Waals surface area contributed by atoms with Crippen molar-refractivity contribution < 1.29 is 5.11 Å². The molecule has 0 aliphatic rings. The molecule has 0 spiro atoms. The molecule has 1 unspecified atom stereocenters. The Labute approximate surface area is 84.9 Å². The van der Waals surface area contributed by atoms with E-state index in [1.807, 2.05) is 44.2 Å². The third-order valence-electron chi connectivity index (χ3n) is 1.94. The molecule has 78 valence electrons. The molecule has 0 radical (unpaired) electrons. The van der Waals surface area contributed by atoms with Crippen LogP contribution in [0.25, 0.3) is 0 Å². The van der Waals surface area contributed by atoms with Crippen molar-refractivity contribution in [2.75, 3.05) is 6.54 Å². The molecule has 1 aromatic carbocycles. The quantitative estimate of drug-likeness (QED) is 0.627. The van der Waals surface area contributed by atoms with Gasteiger partial charge in [0.1, 0.15) is 0 Å². The number of hydrogen-bond acceptors (Lipinski definition) is 3. The molecule has 0 aliphatic carbocycles. The van der Waals surface area contributed by atoms with Gasteiger partial charge in [0.25, 0.3) is 0 Å². The summed E-state index contributed by atoms with van der Waals surface area (Å²) >= 11 is 0. The lowest BCUT2D eigenvalue weighted by Crippen LogP contribution is -2.49. The van der Waals surface area contributed by atoms with E-state index in [-0.39, 0.29) is 0 Å². The van der Waals surface area contributed by atoms with Gasteiger partial charge in [-0.05, 0) is 19.4 Å². The first kappa shape index (κ1) is 11.2. The Morgan fingerprint density at radius 2 is 1.93 bits per heavy atom. The zero-order valence-corrected chi connectivity index (χ0v) is 8.70. The summed E-state index contributed by atoms with van der Waals surface area (Å²) in [5.74, 6) is 0. The van der Waals surface area contributed by atoms with Crippen molar-refractivity contribution in [2.45, 2.75) is 25.6 Å². The van der Waals surface area contributed by atoms with Crippen LogP contribution in [0, 0.1) is 0 Å². The van der Waals surface area contributed by atoms with E-state index in [0.717, 1.165) is 5.56 Å². The van der Waals surface area contributed by atoms with Crippen molar-refractivity contribution in [3.05, 3.63) is 35.9 Å². The minimum absolute atomic E-state index is 0.449. The zero-order valence-electron chi connectivity index (χ0n) is 8.70. The first-order valence-corrected chi connectivity index (χ1v) is 4.76. The topological polar surface area (TPSA) is 58.3 Å². The van der Waals surface area contributed by atoms with Gasteiger partial charge in [-0.3, -0.25) is 5.32 Å². The first-order chi connectivity index (χ1) is 6.49. The smallest absolute Gasteiger partial charge is 0.0915 e. The standard InChI is InChI=1S/C11H18N2O/c1-11(2,12)13-8-10(14)9-6-4-3-5-7-9/h3-7,10,13-14H,8,12H2,1-2H3. The van der Waals surface area contributed by atoms with Crippen LogP contribution in [0.15, 0.2) is 30.3 Å². The summed E-state index contributed by atoms with van der Waals surface area (Å²) in [6, 6.07) is 9.54. The lowest BCUT2D eigenvalue weighted by Gasteiger charge is -2.22. The molecule has 3 nitrogen and oxygen atoms in total. The second kappa shape index (κ2) is 4.55. The summed E-state index contributed by atoms with van der Waals surface area (Å²) in [5.41, 5.74) is 6.20. The van der Waals surface area contributed by atoms with Crippen molar-refractivity contribution in [1.29, 1.82) is 0 Å². The predicted octanol–water partition coefficient (Wildman–Crippen LogP) is 1.00. The van der Waals surface area contributed by atoms with E-state index < -0.39 is 11.8 Å². The van der Waals surface area contributed by atoms with Gasteiger partial charge in [-0.25, -0.2) is 0 Å². The van der Waals surface area contributed by atoms with Crippen LogP contribution < -0.4 is 11.1 Å². The average Bonchev–Trinajstić information content (AvgIpc) is 2.14. The third-order valence-corrected chi connectivity index (χ3v) is 1.94. The molecule has 1 rings (SSSR count). The van der Waals surface area contributed by atoms with Gasteiger partial charge in [-0.15, -0.1) is 0 Å². The molecule has 0 fully saturated rings. The predicted molar refractivity (Wildman–Crippen MR) is 57.7 cm³/mol. The van der Waals surface area contributed by atoms with Crippen LogP contribution in [0.2, 0.25) is 0 Å². The highest BCUT2D eigenvalue weighted by atomic mass is 16.3. The molecule has 0 amide bonds. The van der Waals surface area contributed by atoms with Crippen LogP contribution in [0.4, 0.5) is 0 Å². The van der Waals surface area contributed by atoms with Gasteiger partial charge < -0.3 is 10.8 Å². The molecular formula is C11H18N2O. The Balaban J connectivity index is 2.48. The first-order valence-electron chi connectivity index (χ1n) is 4.76. The number of nitrogens with two attached hydrogens (primary N) is 1. The van der Waals surface area contributed by atoms with Crippen molar-refractivity contribution in [3.8, 4) is 0 Å². The minimum atomic E-state index is -0.501. The molecule has 0 aliphatic heterocycles. The van der Waals surface area contributed by atoms with Crippen molar-refractivity contribution in [1.82, 2.24) is 5.32 Å². The Morgan fingerprint density at radius 3 is 2.43 bits per heavy atom. The zero-order chi connectivity index (χ0) is 10.6. The van der Waals surface area contributed by atoms with Gasteiger partial charge in [0.15, 0.2) is 0 Å². The number of rotatable bonds is 4. The lowest BCUT2D eigenvalue weighted by molar-refractivity contribution is 0.161. The molecule has 1 aromatic rings. The second-order valence-corrected chi connectivity index (χ2v) is 4.03. The van der Waals surface area contributed by atoms with E-state index in [0.29, 0.717) is 6.54 Å². The van der Waals surface area contributed by atoms with Gasteiger partial charge in [0.05, 0.1) is 11.8 Å². The Kier molecular flexibility index (Phi) is 3.63. The van der Waals surface area contributed by atoms with Crippen LogP contribution in [-0.2, 0) is 0 Å². The molecule has 1 atom stereocenters. The molecular weight excluding hydrogens is 176 g/mol. The Bertz CT molecular complexity index is 266. The molecule has 0 aromatic heterocycles. The van der Waals surface area contributed by atoms with E-state index in [4.69, 9.17) is 5.73 Å². The van der Waals surface area contributed by atoms with Crippen LogP contribution in [0.1, 0.15) is 25.5 Å². The van der Waals surface area contributed by atoms with Crippen LogP contribution in [0.5, 0.6) is 0 Å². The Morgan fingerprint density at radius 1 is 1.36 bits per heavy atom. The molecule has 0 saturated carbocycles. The van der Waals surface area contributed by atoms with Crippen LogP contribution in [0.3, 0.4) is 0 Å². The number of hydrogen-bond donors (Lipinski definition) is 3. The number of aliphatic hydroxyl groups excluding tert-OH is 1. The number of aliphatic hydroxyl groups is 1. The maximum atomic E-state index is 9.77. The maximum Gasteiger partial charge on any atom is 0.0915 e. The van der Waals surface area contributed by atoms with Crippen molar-refractivity contribution in [2.24, 2.45) is 5.73 Å². The van der Waals surface area contributed by atoms with Crippen molar-refractivity contribution in [3.63, 3.8) is 0 Å². The van der Waals surface area contributed by atoms with Crippen LogP contribution in [-0.4, -0.2) is 17.3 Å². The third kappa shape index (κ3) is 3.87. The highest BCUT2D eigenvalue weighted by Gasteiger charge is 2.13. The molecule has 0 heterocycles. The van der Waals surface area contributed by atoms with Gasteiger partial charge >= 0.3 is 0 Å². The number of benzene rings is 1. The highest BCUT2D eigenvalue weighted by Crippen LogP contribution is 2.11. The van der Waals surface area contributed by atoms with E-state index in [1.54, 1.807) is 0 Å². The monoisotopic (exact) mass is 194 g/mol.